The van der Waals surface area contributed by atoms with Crippen molar-refractivity contribution in [2.45, 2.75) is 24.8 Å². The van der Waals surface area contributed by atoms with Crippen LogP contribution < -0.4 is 10.1 Å². The van der Waals surface area contributed by atoms with Gasteiger partial charge in [0.2, 0.25) is 0 Å². The van der Waals surface area contributed by atoms with Gasteiger partial charge in [0.15, 0.2) is 5.06 Å². The summed E-state index contributed by atoms with van der Waals surface area (Å²) >= 11 is 6.76. The molecule has 2 atom stereocenters. The fourth-order valence-corrected chi connectivity index (χ4v) is 3.75. The van der Waals surface area contributed by atoms with Crippen LogP contribution in [0.3, 0.4) is 0 Å². The first kappa shape index (κ1) is 15.3. The van der Waals surface area contributed by atoms with Gasteiger partial charge in [-0.15, -0.1) is 11.3 Å². The molecule has 0 aliphatic rings. The number of methoxy groups -OCH3 is 1. The minimum atomic E-state index is 0.201. The van der Waals surface area contributed by atoms with Crippen LogP contribution in [-0.2, 0) is 6.54 Å². The van der Waals surface area contributed by atoms with E-state index in [1.165, 1.54) is 4.88 Å². The number of ether oxygens (including phenoxy) is 1. The van der Waals surface area contributed by atoms with Gasteiger partial charge in [-0.1, -0.05) is 0 Å². The molecule has 2 N–H and O–H groups in total. The smallest absolute Gasteiger partial charge is 0.188 e. The molecule has 17 heavy (non-hydrogen) atoms. The van der Waals surface area contributed by atoms with Crippen molar-refractivity contribution >= 4 is 39.0 Å². The van der Waals surface area contributed by atoms with E-state index in [9.17, 15) is 5.11 Å². The van der Waals surface area contributed by atoms with E-state index in [0.29, 0.717) is 0 Å². The lowest BCUT2D eigenvalue weighted by Crippen LogP contribution is -2.36. The van der Waals surface area contributed by atoms with Gasteiger partial charge in [-0.2, -0.15) is 11.8 Å². The van der Waals surface area contributed by atoms with Gasteiger partial charge in [-0.3, -0.25) is 0 Å². The molecular weight excluding hydrogens is 322 g/mol. The van der Waals surface area contributed by atoms with Crippen LogP contribution in [0.5, 0.6) is 5.06 Å². The molecule has 0 radical (unpaired) electrons. The summed E-state index contributed by atoms with van der Waals surface area (Å²) in [5, 5.41) is 13.8. The van der Waals surface area contributed by atoms with Gasteiger partial charge in [0.25, 0.3) is 0 Å². The average molecular weight is 340 g/mol. The zero-order valence-corrected chi connectivity index (χ0v) is 13.4. The Morgan fingerprint density at radius 3 is 2.82 bits per heavy atom. The highest BCUT2D eigenvalue weighted by Gasteiger charge is 2.15. The lowest BCUT2D eigenvalue weighted by molar-refractivity contribution is 0.276. The molecule has 0 spiro atoms. The third-order valence-electron chi connectivity index (χ3n) is 2.53. The Balaban J connectivity index is 2.49. The van der Waals surface area contributed by atoms with E-state index >= 15 is 0 Å². The number of thiophene rings is 1. The van der Waals surface area contributed by atoms with Crippen molar-refractivity contribution in [3.63, 3.8) is 0 Å². The van der Waals surface area contributed by atoms with E-state index in [1.807, 2.05) is 6.26 Å². The van der Waals surface area contributed by atoms with Crippen LogP contribution in [0.1, 0.15) is 11.8 Å². The molecule has 0 fully saturated rings. The van der Waals surface area contributed by atoms with Crippen molar-refractivity contribution in [2.24, 2.45) is 0 Å². The van der Waals surface area contributed by atoms with Gasteiger partial charge in [-0.05, 0) is 35.2 Å². The number of rotatable bonds is 7. The van der Waals surface area contributed by atoms with Crippen molar-refractivity contribution in [1.82, 2.24) is 5.32 Å². The van der Waals surface area contributed by atoms with Crippen LogP contribution in [0.25, 0.3) is 0 Å². The Bertz CT molecular complexity index is 342. The second-order valence-electron chi connectivity index (χ2n) is 3.68. The van der Waals surface area contributed by atoms with Crippen molar-refractivity contribution in [1.29, 1.82) is 0 Å². The predicted octanol–water partition coefficient (Wildman–Crippen LogP) is 2.72. The van der Waals surface area contributed by atoms with E-state index in [0.717, 1.165) is 16.1 Å². The van der Waals surface area contributed by atoms with Crippen LogP contribution in [-0.4, -0.2) is 36.4 Å². The second-order valence-corrected chi connectivity index (χ2v) is 6.71. The summed E-state index contributed by atoms with van der Waals surface area (Å²) in [5.41, 5.74) is 0. The Morgan fingerprint density at radius 1 is 1.65 bits per heavy atom. The van der Waals surface area contributed by atoms with E-state index in [4.69, 9.17) is 4.74 Å². The van der Waals surface area contributed by atoms with Crippen molar-refractivity contribution in [3.8, 4) is 5.06 Å². The molecule has 6 heteroatoms. The van der Waals surface area contributed by atoms with E-state index in [2.05, 4.69) is 34.2 Å². The maximum Gasteiger partial charge on any atom is 0.188 e. The van der Waals surface area contributed by atoms with Gasteiger partial charge in [0.1, 0.15) is 0 Å². The quantitative estimate of drug-likeness (QED) is 0.801. The van der Waals surface area contributed by atoms with Crippen LogP contribution in [0.15, 0.2) is 10.5 Å². The third-order valence-corrected chi connectivity index (χ3v) is 5.64. The Labute approximate surface area is 119 Å². The van der Waals surface area contributed by atoms with Gasteiger partial charge < -0.3 is 15.2 Å². The lowest BCUT2D eigenvalue weighted by atomic mass is 10.2. The molecule has 2 unspecified atom stereocenters. The van der Waals surface area contributed by atoms with Crippen LogP contribution >= 0.6 is 39.0 Å². The van der Waals surface area contributed by atoms with Gasteiger partial charge in [-0.25, -0.2) is 0 Å². The number of aliphatic hydroxyl groups is 1. The van der Waals surface area contributed by atoms with E-state index in [-0.39, 0.29) is 17.9 Å². The fourth-order valence-electron chi connectivity index (χ4n) is 1.45. The van der Waals surface area contributed by atoms with Gasteiger partial charge in [0, 0.05) is 22.7 Å². The summed E-state index contributed by atoms with van der Waals surface area (Å²) in [4.78, 5) is 1.22. The van der Waals surface area contributed by atoms with Crippen LogP contribution in [0.4, 0.5) is 0 Å². The third kappa shape index (κ3) is 4.44. The molecule has 1 rings (SSSR count). The van der Waals surface area contributed by atoms with Gasteiger partial charge >= 0.3 is 0 Å². The molecule has 3 nitrogen and oxygen atoms in total. The fraction of sp³-hybridized carbons (Fsp3) is 0.636. The number of hydrogen-bond donors (Lipinski definition) is 2. The number of halogens is 1. The molecule has 0 aliphatic heterocycles. The molecule has 0 saturated carbocycles. The number of aliphatic hydroxyl groups excluding tert-OH is 1. The zero-order chi connectivity index (χ0) is 12.8. The maximum absolute atomic E-state index is 9.19. The highest BCUT2D eigenvalue weighted by atomic mass is 79.9. The van der Waals surface area contributed by atoms with Crippen molar-refractivity contribution in [3.05, 3.63) is 15.4 Å². The van der Waals surface area contributed by atoms with Crippen molar-refractivity contribution < 1.29 is 9.84 Å². The molecule has 98 valence electrons. The molecule has 0 amide bonds. The minimum absolute atomic E-state index is 0.201. The van der Waals surface area contributed by atoms with E-state index < -0.39 is 0 Å². The lowest BCUT2D eigenvalue weighted by Gasteiger charge is -2.20. The normalized spacial score (nSPS) is 14.6. The summed E-state index contributed by atoms with van der Waals surface area (Å²) in [6.45, 7) is 3.09. The Hall–Kier alpha value is 0.250. The average Bonchev–Trinajstić information content (AvgIpc) is 2.69. The molecule has 0 aliphatic carbocycles. The summed E-state index contributed by atoms with van der Waals surface area (Å²) in [6, 6.07) is 2.35. The molecule has 1 aromatic heterocycles. The maximum atomic E-state index is 9.19. The first-order valence-electron chi connectivity index (χ1n) is 5.31. The summed E-state index contributed by atoms with van der Waals surface area (Å²) < 4.78 is 6.22. The molecule has 1 heterocycles. The predicted molar refractivity (Wildman–Crippen MR) is 79.3 cm³/mol. The standard InChI is InChI=1S/C11H18BrNO2S2/c1-7(10(6-14)16-3)13-5-8-4-9(12)11(15-2)17-8/h4,7,10,13-14H,5-6H2,1-3H3. The van der Waals surface area contributed by atoms with Crippen LogP contribution in [0, 0.1) is 0 Å². The molecule has 0 bridgehead atoms. The molecule has 0 aromatic carbocycles. The molecular formula is C11H18BrNO2S2. The Morgan fingerprint density at radius 2 is 2.35 bits per heavy atom. The largest absolute Gasteiger partial charge is 0.486 e. The van der Waals surface area contributed by atoms with Gasteiger partial charge in [0.05, 0.1) is 18.2 Å². The molecule has 0 saturated heterocycles. The SMILES string of the molecule is COc1sc(CNC(C)C(CO)SC)cc1Br. The highest BCUT2D eigenvalue weighted by molar-refractivity contribution is 9.10. The topological polar surface area (TPSA) is 41.5 Å². The highest BCUT2D eigenvalue weighted by Crippen LogP contribution is 2.34. The minimum Gasteiger partial charge on any atom is -0.486 e. The zero-order valence-electron chi connectivity index (χ0n) is 10.2. The van der Waals surface area contributed by atoms with Crippen LogP contribution in [0.2, 0.25) is 0 Å². The molecule has 1 aromatic rings. The second kappa shape index (κ2) is 7.63. The number of thioether (sulfide) groups is 1. The summed E-state index contributed by atoms with van der Waals surface area (Å²) in [7, 11) is 1.67. The summed E-state index contributed by atoms with van der Waals surface area (Å²) in [5.74, 6) is 0. The summed E-state index contributed by atoms with van der Waals surface area (Å²) in [6.07, 6.45) is 2.02. The monoisotopic (exact) mass is 339 g/mol. The first-order chi connectivity index (χ1) is 8.12. The van der Waals surface area contributed by atoms with E-state index in [1.54, 1.807) is 30.2 Å². The number of nitrogens with one attached hydrogen (secondary N) is 1. The van der Waals surface area contributed by atoms with Crippen molar-refractivity contribution in [2.75, 3.05) is 20.0 Å². The first-order valence-corrected chi connectivity index (χ1v) is 8.21. The Kier molecular flexibility index (Phi) is 6.87. The number of hydrogen-bond acceptors (Lipinski definition) is 5.